The van der Waals surface area contributed by atoms with Crippen LogP contribution >= 0.6 is 0 Å². The predicted molar refractivity (Wildman–Crippen MR) is 105 cm³/mol. The number of carbonyl (C=O) groups is 3. The molecule has 2 atom stereocenters. The van der Waals surface area contributed by atoms with E-state index in [4.69, 9.17) is 14.6 Å². The SMILES string of the molecule is C=C(CCC(C)CC(=O)NCC(C(=O)OCCOC)c1ccccc1)C(=O)O. The molecule has 2 N–H and O–H groups in total. The number of carboxylic acid groups (broad SMARTS) is 1. The number of nitrogens with one attached hydrogen (secondary N) is 1. The second-order valence-corrected chi connectivity index (χ2v) is 6.68. The molecule has 154 valence electrons. The monoisotopic (exact) mass is 391 g/mol. The molecule has 7 nitrogen and oxygen atoms in total. The zero-order chi connectivity index (χ0) is 20.9. The number of ether oxygens (including phenoxy) is 2. The van der Waals surface area contributed by atoms with Crippen molar-refractivity contribution >= 4 is 17.8 Å². The first kappa shape index (κ1) is 23.4. The number of amides is 1. The van der Waals surface area contributed by atoms with Gasteiger partial charge in [0, 0.05) is 25.6 Å². The second-order valence-electron chi connectivity index (χ2n) is 6.68. The first-order valence-corrected chi connectivity index (χ1v) is 9.23. The molecule has 28 heavy (non-hydrogen) atoms. The molecule has 0 fully saturated rings. The summed E-state index contributed by atoms with van der Waals surface area (Å²) < 4.78 is 10.1. The number of rotatable bonds is 13. The summed E-state index contributed by atoms with van der Waals surface area (Å²) in [5.41, 5.74) is 0.895. The number of benzene rings is 1. The lowest BCUT2D eigenvalue weighted by Gasteiger charge is -2.18. The van der Waals surface area contributed by atoms with Crippen molar-refractivity contribution in [3.05, 3.63) is 48.0 Å². The van der Waals surface area contributed by atoms with Crippen LogP contribution in [0.4, 0.5) is 0 Å². The van der Waals surface area contributed by atoms with Crippen molar-refractivity contribution in [3.8, 4) is 0 Å². The molecule has 0 aliphatic rings. The van der Waals surface area contributed by atoms with Crippen LogP contribution in [0.15, 0.2) is 42.5 Å². The molecule has 0 spiro atoms. The number of esters is 1. The van der Waals surface area contributed by atoms with Gasteiger partial charge in [0.1, 0.15) is 6.61 Å². The average molecular weight is 391 g/mol. The molecule has 0 saturated heterocycles. The smallest absolute Gasteiger partial charge is 0.330 e. The fraction of sp³-hybridized carbons (Fsp3) is 0.476. The zero-order valence-corrected chi connectivity index (χ0v) is 16.5. The molecule has 7 heteroatoms. The van der Waals surface area contributed by atoms with Gasteiger partial charge in [-0.1, -0.05) is 43.8 Å². The van der Waals surface area contributed by atoms with Crippen LogP contribution in [0.3, 0.4) is 0 Å². The van der Waals surface area contributed by atoms with Crippen molar-refractivity contribution in [2.45, 2.75) is 32.1 Å². The third-order valence-electron chi connectivity index (χ3n) is 4.30. The molecule has 0 saturated carbocycles. The lowest BCUT2D eigenvalue weighted by molar-refractivity contribution is -0.146. The van der Waals surface area contributed by atoms with Gasteiger partial charge >= 0.3 is 11.9 Å². The largest absolute Gasteiger partial charge is 0.478 e. The van der Waals surface area contributed by atoms with Gasteiger partial charge in [0.05, 0.1) is 12.5 Å². The van der Waals surface area contributed by atoms with E-state index in [1.165, 1.54) is 7.11 Å². The molecule has 1 aromatic rings. The van der Waals surface area contributed by atoms with Gasteiger partial charge in [0.25, 0.3) is 0 Å². The Morgan fingerprint density at radius 3 is 2.46 bits per heavy atom. The third-order valence-corrected chi connectivity index (χ3v) is 4.30. The zero-order valence-electron chi connectivity index (χ0n) is 16.5. The van der Waals surface area contributed by atoms with Gasteiger partial charge in [0.15, 0.2) is 0 Å². The maximum Gasteiger partial charge on any atom is 0.330 e. The van der Waals surface area contributed by atoms with Crippen LogP contribution in [-0.4, -0.2) is 49.8 Å². The normalized spacial score (nSPS) is 12.6. The van der Waals surface area contributed by atoms with Crippen molar-refractivity contribution in [1.29, 1.82) is 0 Å². The average Bonchev–Trinajstić information content (AvgIpc) is 2.67. The Kier molecular flexibility index (Phi) is 10.6. The summed E-state index contributed by atoms with van der Waals surface area (Å²) in [6.07, 6.45) is 1.13. The van der Waals surface area contributed by atoms with Crippen molar-refractivity contribution in [2.24, 2.45) is 5.92 Å². The maximum absolute atomic E-state index is 12.4. The van der Waals surface area contributed by atoms with Crippen LogP contribution in [-0.2, 0) is 23.9 Å². The molecule has 1 rings (SSSR count). The molecular formula is C21H29NO6. The van der Waals surface area contributed by atoms with Gasteiger partial charge < -0.3 is 19.9 Å². The molecule has 0 heterocycles. The molecule has 0 aliphatic heterocycles. The fourth-order valence-electron chi connectivity index (χ4n) is 2.58. The molecular weight excluding hydrogens is 362 g/mol. The van der Waals surface area contributed by atoms with Crippen LogP contribution in [0, 0.1) is 5.92 Å². The minimum Gasteiger partial charge on any atom is -0.478 e. The van der Waals surface area contributed by atoms with Crippen LogP contribution in [0.2, 0.25) is 0 Å². The van der Waals surface area contributed by atoms with E-state index in [1.807, 2.05) is 37.3 Å². The van der Waals surface area contributed by atoms with Gasteiger partial charge in [-0.15, -0.1) is 0 Å². The van der Waals surface area contributed by atoms with Crippen molar-refractivity contribution in [2.75, 3.05) is 26.9 Å². The summed E-state index contributed by atoms with van der Waals surface area (Å²) in [6, 6.07) is 9.12. The van der Waals surface area contributed by atoms with E-state index in [2.05, 4.69) is 11.9 Å². The molecule has 0 radical (unpaired) electrons. The van der Waals surface area contributed by atoms with E-state index in [-0.39, 0.29) is 37.0 Å². The summed E-state index contributed by atoms with van der Waals surface area (Å²) >= 11 is 0. The first-order chi connectivity index (χ1) is 13.3. The summed E-state index contributed by atoms with van der Waals surface area (Å²) in [7, 11) is 1.52. The quantitative estimate of drug-likeness (QED) is 0.304. The van der Waals surface area contributed by atoms with E-state index in [0.717, 1.165) is 5.56 Å². The van der Waals surface area contributed by atoms with Gasteiger partial charge in [-0.05, 0) is 24.3 Å². The number of carbonyl (C=O) groups excluding carboxylic acids is 2. The Hall–Kier alpha value is -2.67. The highest BCUT2D eigenvalue weighted by Gasteiger charge is 2.23. The molecule has 0 bridgehead atoms. The fourth-order valence-corrected chi connectivity index (χ4v) is 2.58. The second kappa shape index (κ2) is 12.7. The summed E-state index contributed by atoms with van der Waals surface area (Å²) in [6.45, 7) is 5.95. The molecule has 1 aromatic carbocycles. The number of hydrogen-bond acceptors (Lipinski definition) is 5. The third kappa shape index (κ3) is 8.81. The Labute approximate surface area is 165 Å². The molecule has 0 aromatic heterocycles. The highest BCUT2D eigenvalue weighted by Crippen LogP contribution is 2.18. The Bertz CT molecular complexity index is 658. The summed E-state index contributed by atoms with van der Waals surface area (Å²) in [5.74, 6) is -2.24. The molecule has 1 amide bonds. The number of methoxy groups -OCH3 is 1. The Balaban J connectivity index is 2.56. The van der Waals surface area contributed by atoms with E-state index in [9.17, 15) is 14.4 Å². The van der Waals surface area contributed by atoms with E-state index < -0.39 is 17.9 Å². The lowest BCUT2D eigenvalue weighted by atomic mass is 9.97. The Morgan fingerprint density at radius 2 is 1.86 bits per heavy atom. The number of carboxylic acids is 1. The van der Waals surface area contributed by atoms with Gasteiger partial charge in [-0.3, -0.25) is 9.59 Å². The van der Waals surface area contributed by atoms with E-state index >= 15 is 0 Å². The van der Waals surface area contributed by atoms with Crippen molar-refractivity contribution < 1.29 is 29.0 Å². The minimum atomic E-state index is -1.02. The highest BCUT2D eigenvalue weighted by atomic mass is 16.6. The first-order valence-electron chi connectivity index (χ1n) is 9.23. The van der Waals surface area contributed by atoms with E-state index in [1.54, 1.807) is 0 Å². The van der Waals surface area contributed by atoms with Gasteiger partial charge in [-0.25, -0.2) is 4.79 Å². The molecule has 2 unspecified atom stereocenters. The molecule has 0 aliphatic carbocycles. The Morgan fingerprint density at radius 1 is 1.18 bits per heavy atom. The highest BCUT2D eigenvalue weighted by molar-refractivity contribution is 5.85. The predicted octanol–water partition coefficient (Wildman–Crippen LogP) is 2.52. The number of aliphatic carboxylic acids is 1. The van der Waals surface area contributed by atoms with Crippen LogP contribution in [0.1, 0.15) is 37.7 Å². The summed E-state index contributed by atoms with van der Waals surface area (Å²) in [4.78, 5) is 35.4. The standard InChI is InChI=1S/C21H29NO6/c1-15(9-10-16(2)20(24)25)13-19(23)22-14-18(17-7-5-4-6-8-17)21(26)28-12-11-27-3/h4-8,15,18H,2,9-14H2,1,3H3,(H,22,23)(H,24,25). The van der Waals surface area contributed by atoms with Crippen LogP contribution < -0.4 is 5.32 Å². The van der Waals surface area contributed by atoms with Gasteiger partial charge in [-0.2, -0.15) is 0 Å². The van der Waals surface area contributed by atoms with E-state index in [0.29, 0.717) is 19.4 Å². The van der Waals surface area contributed by atoms with Gasteiger partial charge in [0.2, 0.25) is 5.91 Å². The lowest BCUT2D eigenvalue weighted by Crippen LogP contribution is -2.33. The topological polar surface area (TPSA) is 102 Å². The van der Waals surface area contributed by atoms with Crippen molar-refractivity contribution in [1.82, 2.24) is 5.32 Å². The number of hydrogen-bond donors (Lipinski definition) is 2. The van der Waals surface area contributed by atoms with Crippen LogP contribution in [0.5, 0.6) is 0 Å². The summed E-state index contributed by atoms with van der Waals surface area (Å²) in [5, 5.41) is 11.6. The van der Waals surface area contributed by atoms with Crippen LogP contribution in [0.25, 0.3) is 0 Å². The van der Waals surface area contributed by atoms with Crippen molar-refractivity contribution in [3.63, 3.8) is 0 Å². The minimum absolute atomic E-state index is 0.0000650. The maximum atomic E-state index is 12.4.